The van der Waals surface area contributed by atoms with E-state index in [9.17, 15) is 4.79 Å². The maximum absolute atomic E-state index is 11.7. The van der Waals surface area contributed by atoms with E-state index in [1.54, 1.807) is 29.8 Å². The third-order valence-electron chi connectivity index (χ3n) is 4.33. The van der Waals surface area contributed by atoms with E-state index in [0.29, 0.717) is 31.4 Å². The van der Waals surface area contributed by atoms with Crippen LogP contribution in [0, 0.1) is 0 Å². The molecule has 2 aromatic rings. The first-order valence-electron chi connectivity index (χ1n) is 8.69. The second kappa shape index (κ2) is 8.98. The van der Waals surface area contributed by atoms with Crippen LogP contribution in [0.2, 0.25) is 0 Å². The third-order valence-corrected chi connectivity index (χ3v) is 5.22. The molecular formula is C17H24N6OS. The van der Waals surface area contributed by atoms with Gasteiger partial charge in [-0.15, -0.1) is 11.3 Å². The maximum atomic E-state index is 11.7. The van der Waals surface area contributed by atoms with Gasteiger partial charge in [-0.05, 0) is 25.5 Å². The quantitative estimate of drug-likeness (QED) is 0.775. The molecule has 8 heteroatoms. The van der Waals surface area contributed by atoms with E-state index in [-0.39, 0.29) is 5.91 Å². The topological polar surface area (TPSA) is 97.0 Å². The summed E-state index contributed by atoms with van der Waals surface area (Å²) in [5, 5.41) is 5.92. The number of hydrogen-bond donors (Lipinski definition) is 2. The molecular weight excluding hydrogens is 336 g/mol. The molecule has 0 saturated carbocycles. The second-order valence-corrected chi connectivity index (χ2v) is 7.04. The Kier molecular flexibility index (Phi) is 6.43. The number of hydrogen-bond acceptors (Lipinski definition) is 7. The summed E-state index contributed by atoms with van der Waals surface area (Å²) in [6.45, 7) is 2.90. The van der Waals surface area contributed by atoms with E-state index < -0.39 is 0 Å². The van der Waals surface area contributed by atoms with Crippen molar-refractivity contribution in [3.63, 3.8) is 0 Å². The normalized spacial score (nSPS) is 18.2. The van der Waals surface area contributed by atoms with Crippen molar-refractivity contribution in [1.29, 1.82) is 0 Å². The van der Waals surface area contributed by atoms with Crippen LogP contribution in [0.4, 0.5) is 0 Å². The zero-order valence-corrected chi connectivity index (χ0v) is 15.0. The van der Waals surface area contributed by atoms with Crippen molar-refractivity contribution < 1.29 is 4.79 Å². The number of likely N-dealkylation sites (tertiary alicyclic amines) is 1. The van der Waals surface area contributed by atoms with Crippen molar-refractivity contribution in [3.8, 4) is 10.8 Å². The fourth-order valence-corrected chi connectivity index (χ4v) is 3.81. The van der Waals surface area contributed by atoms with Gasteiger partial charge in [0.2, 0.25) is 5.91 Å². The molecule has 1 aliphatic rings. The highest BCUT2D eigenvalue weighted by molar-refractivity contribution is 7.13. The Labute approximate surface area is 151 Å². The summed E-state index contributed by atoms with van der Waals surface area (Å²) in [5.74, 6) is 0.702. The highest BCUT2D eigenvalue weighted by Crippen LogP contribution is 2.23. The smallest absolute Gasteiger partial charge is 0.221 e. The van der Waals surface area contributed by atoms with Gasteiger partial charge in [0.05, 0.1) is 5.69 Å². The summed E-state index contributed by atoms with van der Waals surface area (Å²) in [5.41, 5.74) is 6.46. The summed E-state index contributed by atoms with van der Waals surface area (Å²) in [4.78, 5) is 27.3. The largest absolute Gasteiger partial charge is 0.354 e. The molecule has 7 nitrogen and oxygen atoms in total. The van der Waals surface area contributed by atoms with E-state index >= 15 is 0 Å². The molecule has 1 amide bonds. The standard InChI is InChI=1S/C17H24N6OS/c18-6-5-15(24)21-10-14-4-1-2-9-23(14)11-13-12-25-17(22-13)16-19-7-3-8-20-16/h3,7-8,12,14H,1-2,4-6,9-11,18H2,(H,21,24). The minimum Gasteiger partial charge on any atom is -0.354 e. The van der Waals surface area contributed by atoms with Crippen LogP contribution in [0.3, 0.4) is 0 Å². The van der Waals surface area contributed by atoms with Crippen LogP contribution in [0.25, 0.3) is 10.8 Å². The van der Waals surface area contributed by atoms with Crippen molar-refractivity contribution in [2.45, 2.75) is 38.3 Å². The van der Waals surface area contributed by atoms with Crippen LogP contribution in [0.5, 0.6) is 0 Å². The van der Waals surface area contributed by atoms with Crippen LogP contribution < -0.4 is 11.1 Å². The molecule has 0 bridgehead atoms. The van der Waals surface area contributed by atoms with Crippen molar-refractivity contribution in [2.24, 2.45) is 5.73 Å². The lowest BCUT2D eigenvalue weighted by atomic mass is 10.0. The highest BCUT2D eigenvalue weighted by atomic mass is 32.1. The molecule has 3 heterocycles. The second-order valence-electron chi connectivity index (χ2n) is 6.18. The van der Waals surface area contributed by atoms with Gasteiger partial charge in [-0.1, -0.05) is 6.42 Å². The average molecular weight is 360 g/mol. The molecule has 1 atom stereocenters. The number of nitrogens with one attached hydrogen (secondary N) is 1. The molecule has 2 aromatic heterocycles. The average Bonchev–Trinajstić information content (AvgIpc) is 3.11. The molecule has 1 fully saturated rings. The van der Waals surface area contributed by atoms with E-state index in [1.165, 1.54) is 12.8 Å². The molecule has 1 unspecified atom stereocenters. The summed E-state index contributed by atoms with van der Waals surface area (Å²) >= 11 is 1.57. The number of nitrogens with zero attached hydrogens (tertiary/aromatic N) is 4. The fourth-order valence-electron chi connectivity index (χ4n) is 3.05. The molecule has 25 heavy (non-hydrogen) atoms. The van der Waals surface area contributed by atoms with Crippen LogP contribution in [-0.2, 0) is 11.3 Å². The van der Waals surface area contributed by atoms with E-state index in [1.807, 2.05) is 0 Å². The Hall–Kier alpha value is -1.90. The van der Waals surface area contributed by atoms with Gasteiger partial charge >= 0.3 is 0 Å². The van der Waals surface area contributed by atoms with Gasteiger partial charge in [0.25, 0.3) is 0 Å². The molecule has 0 spiro atoms. The summed E-state index contributed by atoms with van der Waals surface area (Å²) in [6.07, 6.45) is 7.34. The number of carbonyl (C=O) groups is 1. The Morgan fingerprint density at radius 1 is 1.36 bits per heavy atom. The molecule has 0 aliphatic carbocycles. The molecule has 134 valence electrons. The van der Waals surface area contributed by atoms with Gasteiger partial charge in [-0.2, -0.15) is 0 Å². The zero-order chi connectivity index (χ0) is 17.5. The lowest BCUT2D eigenvalue weighted by Crippen LogP contribution is -2.46. The Morgan fingerprint density at radius 2 is 2.20 bits per heavy atom. The fraction of sp³-hybridized carbons (Fsp3) is 0.529. The van der Waals surface area contributed by atoms with Crippen molar-refractivity contribution in [2.75, 3.05) is 19.6 Å². The minimum atomic E-state index is 0.0326. The van der Waals surface area contributed by atoms with Crippen LogP contribution in [-0.4, -0.2) is 51.4 Å². The lowest BCUT2D eigenvalue weighted by Gasteiger charge is -2.35. The van der Waals surface area contributed by atoms with Crippen molar-refractivity contribution >= 4 is 17.2 Å². The summed E-state index contributed by atoms with van der Waals surface area (Å²) in [7, 11) is 0. The first kappa shape index (κ1) is 17.9. The molecule has 3 N–H and O–H groups in total. The van der Waals surface area contributed by atoms with Gasteiger partial charge in [0, 0.05) is 49.9 Å². The monoisotopic (exact) mass is 360 g/mol. The van der Waals surface area contributed by atoms with Crippen LogP contribution in [0.15, 0.2) is 23.8 Å². The number of rotatable bonds is 7. The van der Waals surface area contributed by atoms with Crippen LogP contribution >= 0.6 is 11.3 Å². The minimum absolute atomic E-state index is 0.0326. The SMILES string of the molecule is NCCC(=O)NCC1CCCCN1Cc1csc(-c2ncccn2)n1. The Morgan fingerprint density at radius 3 is 3.00 bits per heavy atom. The number of thiazole rings is 1. The van der Waals surface area contributed by atoms with Gasteiger partial charge in [-0.3, -0.25) is 9.69 Å². The number of nitrogens with two attached hydrogens (primary N) is 1. The van der Waals surface area contributed by atoms with Crippen molar-refractivity contribution in [3.05, 3.63) is 29.5 Å². The maximum Gasteiger partial charge on any atom is 0.221 e. The predicted molar refractivity (Wildman–Crippen MR) is 97.9 cm³/mol. The molecule has 1 saturated heterocycles. The van der Waals surface area contributed by atoms with Crippen LogP contribution in [0.1, 0.15) is 31.4 Å². The van der Waals surface area contributed by atoms with E-state index in [4.69, 9.17) is 5.73 Å². The Bertz CT molecular complexity index is 677. The summed E-state index contributed by atoms with van der Waals surface area (Å²) in [6, 6.07) is 2.16. The first-order valence-corrected chi connectivity index (χ1v) is 9.57. The number of aromatic nitrogens is 3. The molecule has 1 aliphatic heterocycles. The molecule has 0 aromatic carbocycles. The van der Waals surface area contributed by atoms with E-state index in [2.05, 4.69) is 30.5 Å². The lowest BCUT2D eigenvalue weighted by molar-refractivity contribution is -0.121. The number of piperidine rings is 1. The first-order chi connectivity index (χ1) is 12.3. The third kappa shape index (κ3) is 5.04. The van der Waals surface area contributed by atoms with Gasteiger partial charge in [-0.25, -0.2) is 15.0 Å². The number of amides is 1. The zero-order valence-electron chi connectivity index (χ0n) is 14.2. The van der Waals surface area contributed by atoms with E-state index in [0.717, 1.165) is 30.2 Å². The highest BCUT2D eigenvalue weighted by Gasteiger charge is 2.23. The van der Waals surface area contributed by atoms with Crippen molar-refractivity contribution in [1.82, 2.24) is 25.2 Å². The van der Waals surface area contributed by atoms with Gasteiger partial charge in [0.15, 0.2) is 10.8 Å². The Balaban J connectivity index is 1.60. The number of carbonyl (C=O) groups excluding carboxylic acids is 1. The predicted octanol–water partition coefficient (Wildman–Crippen LogP) is 1.42. The molecule has 3 rings (SSSR count). The summed E-state index contributed by atoms with van der Waals surface area (Å²) < 4.78 is 0. The molecule has 0 radical (unpaired) electrons. The van der Waals surface area contributed by atoms with Gasteiger partial charge < -0.3 is 11.1 Å². The van der Waals surface area contributed by atoms with Gasteiger partial charge in [0.1, 0.15) is 0 Å².